The summed E-state index contributed by atoms with van der Waals surface area (Å²) in [5, 5.41) is -0.244. The van der Waals surface area contributed by atoms with Gasteiger partial charge in [0, 0.05) is 5.69 Å². The molecule has 0 aliphatic carbocycles. The lowest BCUT2D eigenvalue weighted by Crippen LogP contribution is -2.16. The Morgan fingerprint density at radius 2 is 2.13 bits per heavy atom. The minimum absolute atomic E-state index is 0.0299. The fraction of sp³-hybridized carbons (Fsp3) is 0.412. The first-order valence-electron chi connectivity index (χ1n) is 7.50. The molecule has 0 unspecified atom stereocenters. The smallest absolute Gasteiger partial charge is 0.340 e. The van der Waals surface area contributed by atoms with E-state index in [2.05, 4.69) is 4.98 Å². The van der Waals surface area contributed by atoms with E-state index in [1.54, 1.807) is 27.0 Å². The topological polar surface area (TPSA) is 72.3 Å². The van der Waals surface area contributed by atoms with Gasteiger partial charge in [0.2, 0.25) is 0 Å². The monoisotopic (exact) mass is 335 g/mol. The number of carbonyl (C=O) groups is 2. The lowest BCUT2D eigenvalue weighted by molar-refractivity contribution is 0.0525. The van der Waals surface area contributed by atoms with Gasteiger partial charge in [0.15, 0.2) is 5.78 Å². The highest BCUT2D eigenvalue weighted by Crippen LogP contribution is 2.25. The zero-order chi connectivity index (χ0) is 17.0. The number of carbonyl (C=O) groups excluding carboxylic acids is 2. The van der Waals surface area contributed by atoms with Crippen LogP contribution in [0.4, 0.5) is 0 Å². The highest BCUT2D eigenvalue weighted by Gasteiger charge is 2.25. The summed E-state index contributed by atoms with van der Waals surface area (Å²) in [7, 11) is 0. The second-order valence-corrected chi connectivity index (χ2v) is 6.57. The molecule has 2 aromatic heterocycles. The van der Waals surface area contributed by atoms with Gasteiger partial charge < -0.3 is 14.1 Å². The van der Waals surface area contributed by atoms with Crippen LogP contribution in [0, 0.1) is 13.8 Å². The number of aromatic nitrogens is 1. The highest BCUT2D eigenvalue weighted by molar-refractivity contribution is 7.99. The normalized spacial score (nSPS) is 12.2. The van der Waals surface area contributed by atoms with Gasteiger partial charge >= 0.3 is 5.97 Å². The maximum absolute atomic E-state index is 12.6. The third-order valence-corrected chi connectivity index (χ3v) is 4.75. The van der Waals surface area contributed by atoms with Crippen LogP contribution in [0.25, 0.3) is 0 Å². The predicted octanol–water partition coefficient (Wildman–Crippen LogP) is 3.91. The molecule has 1 atom stereocenters. The summed E-state index contributed by atoms with van der Waals surface area (Å²) in [6.07, 6.45) is 1.62. The zero-order valence-corrected chi connectivity index (χ0v) is 14.6. The number of rotatable bonds is 7. The van der Waals surface area contributed by atoms with Crippen molar-refractivity contribution >= 4 is 23.5 Å². The molecule has 2 heterocycles. The molecule has 1 N–H and O–H groups in total. The number of thioether (sulfide) groups is 1. The summed E-state index contributed by atoms with van der Waals surface area (Å²) in [6, 6.07) is 3.71. The van der Waals surface area contributed by atoms with Gasteiger partial charge in [-0.1, -0.05) is 0 Å². The van der Waals surface area contributed by atoms with Crippen molar-refractivity contribution < 1.29 is 18.7 Å². The molecule has 0 bridgehead atoms. The number of esters is 1. The average molecular weight is 335 g/mol. The van der Waals surface area contributed by atoms with Crippen LogP contribution in [0.1, 0.15) is 51.7 Å². The molecule has 0 aliphatic rings. The number of furan rings is 1. The summed E-state index contributed by atoms with van der Waals surface area (Å²) < 4.78 is 10.3. The summed E-state index contributed by atoms with van der Waals surface area (Å²) in [6.45, 7) is 7.47. The van der Waals surface area contributed by atoms with Crippen molar-refractivity contribution in [3.63, 3.8) is 0 Å². The molecule has 2 aromatic rings. The molecule has 6 heteroatoms. The Hall–Kier alpha value is -1.95. The number of ether oxygens (including phenoxy) is 1. The van der Waals surface area contributed by atoms with E-state index in [1.165, 1.54) is 11.8 Å². The second-order valence-electron chi connectivity index (χ2n) is 5.24. The maximum atomic E-state index is 12.6. The second kappa shape index (κ2) is 7.55. The van der Waals surface area contributed by atoms with Crippen LogP contribution in [-0.2, 0) is 10.5 Å². The molecule has 0 amide bonds. The van der Waals surface area contributed by atoms with Crippen molar-refractivity contribution in [2.75, 3.05) is 6.61 Å². The number of hydrogen-bond donors (Lipinski definition) is 1. The van der Waals surface area contributed by atoms with Crippen molar-refractivity contribution in [1.29, 1.82) is 0 Å². The van der Waals surface area contributed by atoms with Gasteiger partial charge in [-0.2, -0.15) is 0 Å². The number of H-pyrrole nitrogens is 1. The number of aromatic amines is 1. The van der Waals surface area contributed by atoms with Crippen LogP contribution in [0.2, 0.25) is 0 Å². The first-order chi connectivity index (χ1) is 11.0. The van der Waals surface area contributed by atoms with Gasteiger partial charge in [0.05, 0.1) is 35.1 Å². The van der Waals surface area contributed by atoms with Crippen molar-refractivity contribution in [2.24, 2.45) is 0 Å². The fourth-order valence-corrected chi connectivity index (χ4v) is 3.23. The van der Waals surface area contributed by atoms with Gasteiger partial charge in [0.1, 0.15) is 5.76 Å². The minimum atomic E-state index is -0.395. The highest BCUT2D eigenvalue weighted by atomic mass is 32.2. The third kappa shape index (κ3) is 3.88. The lowest BCUT2D eigenvalue weighted by Gasteiger charge is -2.09. The Balaban J connectivity index is 2.12. The predicted molar refractivity (Wildman–Crippen MR) is 90.0 cm³/mol. The minimum Gasteiger partial charge on any atom is -0.468 e. The standard InChI is InChI=1S/C17H21NO4S/c1-5-21-17(20)14-10(2)15(18-11(14)3)16(19)12(4)23-9-13-7-6-8-22-13/h6-8,12,18H,5,9H2,1-4H3/t12-/m1/s1. The van der Waals surface area contributed by atoms with Crippen LogP contribution in [0.5, 0.6) is 0 Å². The van der Waals surface area contributed by atoms with E-state index >= 15 is 0 Å². The molecule has 0 aromatic carbocycles. The van der Waals surface area contributed by atoms with Crippen molar-refractivity contribution in [3.8, 4) is 0 Å². The Labute approximate surface area is 139 Å². The van der Waals surface area contributed by atoms with Crippen molar-refractivity contribution in [1.82, 2.24) is 4.98 Å². The largest absolute Gasteiger partial charge is 0.468 e. The third-order valence-electron chi connectivity index (χ3n) is 3.59. The van der Waals surface area contributed by atoms with E-state index < -0.39 is 5.97 Å². The summed E-state index contributed by atoms with van der Waals surface area (Å²) in [4.78, 5) is 27.7. The molecular weight excluding hydrogens is 314 g/mol. The van der Waals surface area contributed by atoms with Gasteiger partial charge in [0.25, 0.3) is 0 Å². The molecule has 0 saturated carbocycles. The van der Waals surface area contributed by atoms with E-state index in [0.717, 1.165) is 5.76 Å². The van der Waals surface area contributed by atoms with E-state index in [1.807, 2.05) is 19.1 Å². The fourth-order valence-electron chi connectivity index (χ4n) is 2.39. The number of hydrogen-bond acceptors (Lipinski definition) is 5. The number of nitrogens with one attached hydrogen (secondary N) is 1. The van der Waals surface area contributed by atoms with Crippen molar-refractivity contribution in [2.45, 2.75) is 38.7 Å². The first kappa shape index (κ1) is 17.4. The molecule has 2 rings (SSSR count). The average Bonchev–Trinajstić information content (AvgIpc) is 3.12. The van der Waals surface area contributed by atoms with Crippen LogP contribution < -0.4 is 0 Å². The Kier molecular flexibility index (Phi) is 5.71. The molecule has 5 nitrogen and oxygen atoms in total. The molecule has 0 fully saturated rings. The number of ketones is 1. The van der Waals surface area contributed by atoms with Gasteiger partial charge in [-0.05, 0) is 45.4 Å². The molecule has 0 aliphatic heterocycles. The van der Waals surface area contributed by atoms with Crippen molar-refractivity contribution in [3.05, 3.63) is 46.7 Å². The summed E-state index contributed by atoms with van der Waals surface area (Å²) >= 11 is 1.50. The molecule has 0 spiro atoms. The molecular formula is C17H21NO4S. The SMILES string of the molecule is CCOC(=O)c1c(C)[nH]c(C(=O)[C@@H](C)SCc2ccco2)c1C. The van der Waals surface area contributed by atoms with Crippen LogP contribution >= 0.6 is 11.8 Å². The molecule has 0 saturated heterocycles. The molecule has 0 radical (unpaired) electrons. The van der Waals surface area contributed by atoms with Crippen LogP contribution in [-0.4, -0.2) is 28.6 Å². The van der Waals surface area contributed by atoms with E-state index in [4.69, 9.17) is 9.15 Å². The number of Topliss-reactive ketones (excluding diaryl/α,β-unsaturated/α-hetero) is 1. The number of aryl methyl sites for hydroxylation is 1. The Morgan fingerprint density at radius 1 is 1.39 bits per heavy atom. The quantitative estimate of drug-likeness (QED) is 0.613. The summed E-state index contributed by atoms with van der Waals surface area (Å²) in [5.74, 6) is 1.04. The summed E-state index contributed by atoms with van der Waals surface area (Å²) in [5.41, 5.74) is 2.24. The van der Waals surface area contributed by atoms with Crippen LogP contribution in [0.3, 0.4) is 0 Å². The van der Waals surface area contributed by atoms with Gasteiger partial charge in [-0.15, -0.1) is 11.8 Å². The van der Waals surface area contributed by atoms with Gasteiger partial charge in [-0.3, -0.25) is 4.79 Å². The first-order valence-corrected chi connectivity index (χ1v) is 8.55. The Morgan fingerprint density at radius 3 is 2.74 bits per heavy atom. The molecule has 124 valence electrons. The lowest BCUT2D eigenvalue weighted by atomic mass is 10.1. The van der Waals surface area contributed by atoms with E-state index in [0.29, 0.717) is 34.9 Å². The maximum Gasteiger partial charge on any atom is 0.340 e. The molecule has 23 heavy (non-hydrogen) atoms. The van der Waals surface area contributed by atoms with Gasteiger partial charge in [-0.25, -0.2) is 4.79 Å². The Bertz CT molecular complexity index is 688. The van der Waals surface area contributed by atoms with Crippen LogP contribution in [0.15, 0.2) is 22.8 Å². The zero-order valence-electron chi connectivity index (χ0n) is 13.8. The van der Waals surface area contributed by atoms with E-state index in [-0.39, 0.29) is 11.0 Å². The van der Waals surface area contributed by atoms with E-state index in [9.17, 15) is 9.59 Å².